The van der Waals surface area contributed by atoms with Gasteiger partial charge >= 0.3 is 0 Å². The van der Waals surface area contributed by atoms with Gasteiger partial charge in [-0.1, -0.05) is 41.9 Å². The summed E-state index contributed by atoms with van der Waals surface area (Å²) in [5, 5.41) is 7.80. The maximum absolute atomic E-state index is 6.07. The maximum Gasteiger partial charge on any atom is 0.181 e. The van der Waals surface area contributed by atoms with Crippen LogP contribution < -0.4 is 0 Å². The van der Waals surface area contributed by atoms with E-state index in [9.17, 15) is 0 Å². The zero-order chi connectivity index (χ0) is 13.2. The van der Waals surface area contributed by atoms with E-state index in [-0.39, 0.29) is 0 Å². The largest absolute Gasteiger partial charge is 0.259 e. The van der Waals surface area contributed by atoms with E-state index in [1.807, 2.05) is 48.5 Å². The van der Waals surface area contributed by atoms with Gasteiger partial charge in [-0.15, -0.1) is 0 Å². The fraction of sp³-hybridized carbons (Fsp3) is 0. The third-order valence-electron chi connectivity index (χ3n) is 2.71. The third-order valence-corrected chi connectivity index (χ3v) is 3.94. The van der Waals surface area contributed by atoms with Gasteiger partial charge in [-0.3, -0.25) is 5.10 Å². The zero-order valence-corrected chi connectivity index (χ0v) is 12.1. The van der Waals surface area contributed by atoms with Crippen molar-refractivity contribution in [1.82, 2.24) is 15.2 Å². The van der Waals surface area contributed by atoms with Crippen LogP contribution in [-0.2, 0) is 0 Å². The van der Waals surface area contributed by atoms with Gasteiger partial charge in [0.25, 0.3) is 0 Å². The highest BCUT2D eigenvalue weighted by molar-refractivity contribution is 9.10. The van der Waals surface area contributed by atoms with Crippen molar-refractivity contribution in [3.8, 4) is 22.8 Å². The monoisotopic (exact) mass is 333 g/mol. The van der Waals surface area contributed by atoms with Gasteiger partial charge in [0.15, 0.2) is 11.6 Å². The molecule has 0 aliphatic heterocycles. The molecular weight excluding hydrogens is 326 g/mol. The van der Waals surface area contributed by atoms with Gasteiger partial charge in [-0.2, -0.15) is 5.10 Å². The normalized spacial score (nSPS) is 10.6. The molecule has 2 aromatic carbocycles. The predicted molar refractivity (Wildman–Crippen MR) is 80.0 cm³/mol. The number of aromatic nitrogens is 3. The summed E-state index contributed by atoms with van der Waals surface area (Å²) in [5.41, 5.74) is 1.89. The molecule has 0 unspecified atom stereocenters. The highest BCUT2D eigenvalue weighted by atomic mass is 79.9. The lowest BCUT2D eigenvalue weighted by atomic mass is 10.2. The maximum atomic E-state index is 6.07. The van der Waals surface area contributed by atoms with Crippen molar-refractivity contribution in [2.45, 2.75) is 0 Å². The predicted octanol–water partition coefficient (Wildman–Crippen LogP) is 4.55. The van der Waals surface area contributed by atoms with Gasteiger partial charge in [0, 0.05) is 15.6 Å². The van der Waals surface area contributed by atoms with E-state index in [0.29, 0.717) is 10.8 Å². The van der Waals surface area contributed by atoms with Gasteiger partial charge in [0.1, 0.15) is 0 Å². The quantitative estimate of drug-likeness (QED) is 0.746. The fourth-order valence-corrected chi connectivity index (χ4v) is 2.18. The van der Waals surface area contributed by atoms with Crippen LogP contribution in [0.15, 0.2) is 53.0 Å². The molecule has 3 rings (SSSR count). The minimum absolute atomic E-state index is 0.633. The Morgan fingerprint density at radius 3 is 2.53 bits per heavy atom. The first kappa shape index (κ1) is 12.4. The molecule has 1 heterocycles. The van der Waals surface area contributed by atoms with E-state index in [4.69, 9.17) is 11.6 Å². The van der Waals surface area contributed by atoms with Crippen molar-refractivity contribution in [2.75, 3.05) is 0 Å². The molecule has 0 amide bonds. The standard InChI is InChI=1S/C14H9BrClN3/c15-11-7-6-10(8-12(11)16)14-17-13(18-19-14)9-4-2-1-3-5-9/h1-8H,(H,17,18,19). The van der Waals surface area contributed by atoms with Gasteiger partial charge in [-0.25, -0.2) is 4.98 Å². The SMILES string of the molecule is Clc1cc(-c2n[nH]c(-c3ccccc3)n2)ccc1Br. The van der Waals surface area contributed by atoms with Crippen molar-refractivity contribution in [2.24, 2.45) is 0 Å². The number of halogens is 2. The molecule has 0 aliphatic carbocycles. The highest BCUT2D eigenvalue weighted by Gasteiger charge is 2.08. The Morgan fingerprint density at radius 1 is 1.00 bits per heavy atom. The molecule has 3 nitrogen and oxygen atoms in total. The summed E-state index contributed by atoms with van der Waals surface area (Å²) in [5.74, 6) is 1.38. The molecule has 0 fully saturated rings. The molecule has 1 N–H and O–H groups in total. The minimum Gasteiger partial charge on any atom is -0.259 e. The highest BCUT2D eigenvalue weighted by Crippen LogP contribution is 2.27. The molecule has 0 atom stereocenters. The lowest BCUT2D eigenvalue weighted by Gasteiger charge is -1.98. The van der Waals surface area contributed by atoms with Crippen LogP contribution >= 0.6 is 27.5 Å². The van der Waals surface area contributed by atoms with E-state index in [2.05, 4.69) is 31.1 Å². The van der Waals surface area contributed by atoms with Crippen molar-refractivity contribution in [3.05, 3.63) is 58.0 Å². The number of rotatable bonds is 2. The lowest BCUT2D eigenvalue weighted by molar-refractivity contribution is 1.10. The fourth-order valence-electron chi connectivity index (χ4n) is 1.75. The van der Waals surface area contributed by atoms with Crippen LogP contribution in [-0.4, -0.2) is 15.2 Å². The Morgan fingerprint density at radius 2 is 1.79 bits per heavy atom. The molecule has 1 aromatic heterocycles. The topological polar surface area (TPSA) is 41.6 Å². The van der Waals surface area contributed by atoms with Crippen LogP contribution in [0.2, 0.25) is 5.02 Å². The average molecular weight is 335 g/mol. The van der Waals surface area contributed by atoms with Crippen LogP contribution in [0.3, 0.4) is 0 Å². The Labute approximate surface area is 123 Å². The van der Waals surface area contributed by atoms with Crippen LogP contribution in [0, 0.1) is 0 Å². The van der Waals surface area contributed by atoms with E-state index >= 15 is 0 Å². The third kappa shape index (κ3) is 2.55. The second kappa shape index (κ2) is 5.15. The van der Waals surface area contributed by atoms with Gasteiger partial charge in [0.2, 0.25) is 0 Å². The molecule has 0 radical (unpaired) electrons. The van der Waals surface area contributed by atoms with Crippen molar-refractivity contribution in [1.29, 1.82) is 0 Å². The molecule has 0 aliphatic rings. The number of hydrogen-bond acceptors (Lipinski definition) is 2. The summed E-state index contributed by atoms with van der Waals surface area (Å²) < 4.78 is 0.858. The van der Waals surface area contributed by atoms with Gasteiger partial charge in [0.05, 0.1) is 5.02 Å². The molecule has 0 spiro atoms. The first-order chi connectivity index (χ1) is 9.24. The zero-order valence-electron chi connectivity index (χ0n) is 9.77. The first-order valence-electron chi connectivity index (χ1n) is 5.67. The first-order valence-corrected chi connectivity index (χ1v) is 6.84. The summed E-state index contributed by atoms with van der Waals surface area (Å²) in [6.07, 6.45) is 0. The van der Waals surface area contributed by atoms with E-state index in [1.165, 1.54) is 0 Å². The summed E-state index contributed by atoms with van der Waals surface area (Å²) >= 11 is 9.44. The second-order valence-electron chi connectivity index (χ2n) is 4.00. The smallest absolute Gasteiger partial charge is 0.181 e. The minimum atomic E-state index is 0.633. The molecular formula is C14H9BrClN3. The van der Waals surface area contributed by atoms with Crippen molar-refractivity contribution < 1.29 is 0 Å². The Hall–Kier alpha value is -1.65. The van der Waals surface area contributed by atoms with Crippen molar-refractivity contribution in [3.63, 3.8) is 0 Å². The Kier molecular flexibility index (Phi) is 3.36. The molecule has 0 bridgehead atoms. The average Bonchev–Trinajstić information content (AvgIpc) is 2.93. The van der Waals surface area contributed by atoms with Crippen LogP contribution in [0.5, 0.6) is 0 Å². The van der Waals surface area contributed by atoms with Crippen LogP contribution in [0.4, 0.5) is 0 Å². The number of hydrogen-bond donors (Lipinski definition) is 1. The molecule has 94 valence electrons. The number of H-pyrrole nitrogens is 1. The summed E-state index contributed by atoms with van der Waals surface area (Å²) in [6, 6.07) is 15.5. The summed E-state index contributed by atoms with van der Waals surface area (Å²) in [7, 11) is 0. The number of aromatic amines is 1. The molecule has 19 heavy (non-hydrogen) atoms. The van der Waals surface area contributed by atoms with Gasteiger partial charge < -0.3 is 0 Å². The number of benzene rings is 2. The number of nitrogens with zero attached hydrogens (tertiary/aromatic N) is 2. The molecule has 5 heteroatoms. The summed E-state index contributed by atoms with van der Waals surface area (Å²) in [4.78, 5) is 4.48. The molecule has 0 saturated carbocycles. The lowest BCUT2D eigenvalue weighted by Crippen LogP contribution is -1.82. The Balaban J connectivity index is 1.99. The second-order valence-corrected chi connectivity index (χ2v) is 5.26. The van der Waals surface area contributed by atoms with Gasteiger partial charge in [-0.05, 0) is 34.1 Å². The van der Waals surface area contributed by atoms with E-state index in [0.717, 1.165) is 21.4 Å². The van der Waals surface area contributed by atoms with E-state index < -0.39 is 0 Å². The van der Waals surface area contributed by atoms with Crippen LogP contribution in [0.1, 0.15) is 0 Å². The molecule has 0 saturated heterocycles. The Bertz CT molecular complexity index is 710. The summed E-state index contributed by atoms with van der Waals surface area (Å²) in [6.45, 7) is 0. The van der Waals surface area contributed by atoms with Crippen LogP contribution in [0.25, 0.3) is 22.8 Å². The van der Waals surface area contributed by atoms with Crippen molar-refractivity contribution >= 4 is 27.5 Å². The van der Waals surface area contributed by atoms with E-state index in [1.54, 1.807) is 0 Å². The number of nitrogens with one attached hydrogen (secondary N) is 1. The molecule has 3 aromatic rings.